The summed E-state index contributed by atoms with van der Waals surface area (Å²) in [5, 5.41) is 0. The van der Waals surface area contributed by atoms with Gasteiger partial charge in [-0.05, 0) is 38.3 Å². The summed E-state index contributed by atoms with van der Waals surface area (Å²) < 4.78 is 5.38. The van der Waals surface area contributed by atoms with Crippen molar-refractivity contribution < 1.29 is 14.3 Å². The van der Waals surface area contributed by atoms with Crippen LogP contribution < -0.4 is 0 Å². The van der Waals surface area contributed by atoms with Crippen LogP contribution in [0.2, 0.25) is 0 Å². The van der Waals surface area contributed by atoms with E-state index < -0.39 is 0 Å². The maximum Gasteiger partial charge on any atom is 0.245 e. The Hall–Kier alpha value is -1.95. The van der Waals surface area contributed by atoms with Crippen molar-refractivity contribution in [2.45, 2.75) is 45.2 Å². The zero-order valence-electron chi connectivity index (χ0n) is 15.1. The highest BCUT2D eigenvalue weighted by Crippen LogP contribution is 2.38. The van der Waals surface area contributed by atoms with Crippen molar-refractivity contribution in [3.8, 4) is 0 Å². The van der Waals surface area contributed by atoms with Crippen LogP contribution in [0.3, 0.4) is 0 Å². The lowest BCUT2D eigenvalue weighted by Gasteiger charge is -2.29. The van der Waals surface area contributed by atoms with E-state index in [0.717, 1.165) is 18.5 Å². The minimum absolute atomic E-state index is 0.0683. The molecular formula is C19H27N3O3. The number of carbonyl (C=O) groups is 2. The minimum Gasteiger partial charge on any atom is -0.382 e. The highest BCUT2D eigenvalue weighted by Gasteiger charge is 2.47. The fourth-order valence-corrected chi connectivity index (χ4v) is 3.89. The molecule has 0 radical (unpaired) electrons. The Kier molecular flexibility index (Phi) is 5.68. The minimum atomic E-state index is -0.350. The third kappa shape index (κ3) is 3.68. The summed E-state index contributed by atoms with van der Waals surface area (Å²) in [5.41, 5.74) is 0.878. The second-order valence-electron chi connectivity index (χ2n) is 6.84. The predicted octanol–water partition coefficient (Wildman–Crippen LogP) is 2.02. The van der Waals surface area contributed by atoms with Gasteiger partial charge in [-0.15, -0.1) is 0 Å². The van der Waals surface area contributed by atoms with Gasteiger partial charge in [-0.2, -0.15) is 0 Å². The lowest BCUT2D eigenvalue weighted by molar-refractivity contribution is -0.142. The average Bonchev–Trinajstić information content (AvgIpc) is 3.05. The summed E-state index contributed by atoms with van der Waals surface area (Å²) in [6.07, 6.45) is 4.05. The van der Waals surface area contributed by atoms with E-state index in [1.165, 1.54) is 0 Å². The standard InChI is InChI=1S/C19H27N3O3/c1-3-25-12-6-11-21-13-14(2)18(23)22-16(8-9-17(22)19(21)24)15-7-4-5-10-20-15/h4-5,7,10,14,16-17H,3,6,8-9,11-13H2,1-2H3/t14?,16-,17+/m1/s1. The van der Waals surface area contributed by atoms with Gasteiger partial charge in [0, 0.05) is 32.5 Å². The van der Waals surface area contributed by atoms with Crippen molar-refractivity contribution in [3.05, 3.63) is 30.1 Å². The Bertz CT molecular complexity index is 607. The van der Waals surface area contributed by atoms with Crippen LogP contribution in [0.1, 0.15) is 44.8 Å². The van der Waals surface area contributed by atoms with E-state index in [9.17, 15) is 9.59 Å². The molecule has 0 saturated carbocycles. The zero-order valence-corrected chi connectivity index (χ0v) is 15.1. The molecule has 0 aromatic carbocycles. The molecule has 2 aliphatic heterocycles. The van der Waals surface area contributed by atoms with Gasteiger partial charge in [0.25, 0.3) is 0 Å². The number of fused-ring (bicyclic) bond motifs is 1. The molecule has 0 bridgehead atoms. The van der Waals surface area contributed by atoms with E-state index in [-0.39, 0.29) is 29.8 Å². The normalized spacial score (nSPS) is 26.7. The Morgan fingerprint density at radius 2 is 2.00 bits per heavy atom. The van der Waals surface area contributed by atoms with Crippen molar-refractivity contribution in [3.63, 3.8) is 0 Å². The van der Waals surface area contributed by atoms with Crippen LogP contribution in [-0.4, -0.2) is 58.9 Å². The SMILES string of the molecule is CCOCCCN1CC(C)C(=O)N2[C@@H](c3ccccn3)CC[C@H]2C1=O. The van der Waals surface area contributed by atoms with Gasteiger partial charge in [0.05, 0.1) is 17.7 Å². The van der Waals surface area contributed by atoms with E-state index in [2.05, 4.69) is 4.98 Å². The molecule has 6 heteroatoms. The van der Waals surface area contributed by atoms with Crippen LogP contribution in [0.15, 0.2) is 24.4 Å². The number of pyridine rings is 1. The molecule has 25 heavy (non-hydrogen) atoms. The first-order valence-electron chi connectivity index (χ1n) is 9.23. The Morgan fingerprint density at radius 3 is 2.72 bits per heavy atom. The highest BCUT2D eigenvalue weighted by molar-refractivity contribution is 5.91. The fourth-order valence-electron chi connectivity index (χ4n) is 3.89. The molecule has 0 N–H and O–H groups in total. The molecule has 2 aliphatic rings. The van der Waals surface area contributed by atoms with Crippen molar-refractivity contribution in [1.29, 1.82) is 0 Å². The van der Waals surface area contributed by atoms with Crippen molar-refractivity contribution >= 4 is 11.8 Å². The van der Waals surface area contributed by atoms with Gasteiger partial charge in [0.1, 0.15) is 6.04 Å². The first-order chi connectivity index (χ1) is 12.1. The monoisotopic (exact) mass is 345 g/mol. The van der Waals surface area contributed by atoms with E-state index in [4.69, 9.17) is 4.74 Å². The Labute approximate surface area is 149 Å². The number of amides is 2. The molecule has 0 spiro atoms. The zero-order chi connectivity index (χ0) is 17.8. The van der Waals surface area contributed by atoms with Crippen LogP contribution in [0.5, 0.6) is 0 Å². The lowest BCUT2D eigenvalue weighted by Crippen LogP contribution is -2.45. The van der Waals surface area contributed by atoms with E-state index in [1.807, 2.05) is 36.9 Å². The topological polar surface area (TPSA) is 62.7 Å². The summed E-state index contributed by atoms with van der Waals surface area (Å²) in [4.78, 5) is 34.1. The molecule has 136 valence electrons. The van der Waals surface area contributed by atoms with Crippen molar-refractivity contribution in [2.75, 3.05) is 26.3 Å². The molecule has 1 aromatic rings. The molecule has 6 nitrogen and oxygen atoms in total. The first-order valence-corrected chi connectivity index (χ1v) is 9.23. The van der Waals surface area contributed by atoms with Crippen LogP contribution >= 0.6 is 0 Å². The number of hydrogen-bond donors (Lipinski definition) is 0. The quantitative estimate of drug-likeness (QED) is 0.740. The Morgan fingerprint density at radius 1 is 1.20 bits per heavy atom. The molecule has 0 aliphatic carbocycles. The molecule has 2 amide bonds. The van der Waals surface area contributed by atoms with Crippen LogP contribution in [-0.2, 0) is 14.3 Å². The molecule has 3 atom stereocenters. The van der Waals surface area contributed by atoms with Gasteiger partial charge in [0.15, 0.2) is 0 Å². The smallest absolute Gasteiger partial charge is 0.245 e. The fraction of sp³-hybridized carbons (Fsp3) is 0.632. The lowest BCUT2D eigenvalue weighted by atomic mass is 10.1. The van der Waals surface area contributed by atoms with E-state index in [0.29, 0.717) is 32.7 Å². The van der Waals surface area contributed by atoms with Gasteiger partial charge in [-0.3, -0.25) is 14.6 Å². The number of aromatic nitrogens is 1. The van der Waals surface area contributed by atoms with E-state index >= 15 is 0 Å². The number of hydrogen-bond acceptors (Lipinski definition) is 4. The largest absolute Gasteiger partial charge is 0.382 e. The van der Waals surface area contributed by atoms with Gasteiger partial charge in [0.2, 0.25) is 11.8 Å². The van der Waals surface area contributed by atoms with Gasteiger partial charge >= 0.3 is 0 Å². The van der Waals surface area contributed by atoms with Crippen LogP contribution in [0, 0.1) is 5.92 Å². The summed E-state index contributed by atoms with van der Waals surface area (Å²) in [7, 11) is 0. The van der Waals surface area contributed by atoms with Gasteiger partial charge in [-0.25, -0.2) is 0 Å². The van der Waals surface area contributed by atoms with Crippen molar-refractivity contribution in [1.82, 2.24) is 14.8 Å². The third-order valence-electron chi connectivity index (χ3n) is 5.10. The molecule has 3 heterocycles. The first kappa shape index (κ1) is 17.9. The van der Waals surface area contributed by atoms with Crippen LogP contribution in [0.4, 0.5) is 0 Å². The maximum absolute atomic E-state index is 13.0. The summed E-state index contributed by atoms with van der Waals surface area (Å²) >= 11 is 0. The third-order valence-corrected chi connectivity index (χ3v) is 5.10. The van der Waals surface area contributed by atoms with Gasteiger partial charge in [-0.1, -0.05) is 13.0 Å². The average molecular weight is 345 g/mol. The summed E-state index contributed by atoms with van der Waals surface area (Å²) in [6.45, 7) is 6.35. The van der Waals surface area contributed by atoms with Gasteiger partial charge < -0.3 is 14.5 Å². The van der Waals surface area contributed by atoms with Crippen molar-refractivity contribution in [2.24, 2.45) is 5.92 Å². The molecule has 2 fully saturated rings. The second-order valence-corrected chi connectivity index (χ2v) is 6.84. The highest BCUT2D eigenvalue weighted by atomic mass is 16.5. The second kappa shape index (κ2) is 7.95. The molecule has 2 saturated heterocycles. The molecule has 1 aromatic heterocycles. The van der Waals surface area contributed by atoms with E-state index in [1.54, 1.807) is 11.1 Å². The number of ether oxygens (including phenoxy) is 1. The molecular weight excluding hydrogens is 318 g/mol. The summed E-state index contributed by atoms with van der Waals surface area (Å²) in [5.74, 6) is -0.0446. The predicted molar refractivity (Wildman–Crippen MR) is 93.7 cm³/mol. The summed E-state index contributed by atoms with van der Waals surface area (Å²) in [6, 6.07) is 5.31. The van der Waals surface area contributed by atoms with Crippen LogP contribution in [0.25, 0.3) is 0 Å². The molecule has 1 unspecified atom stereocenters. The number of carbonyl (C=O) groups excluding carboxylic acids is 2. The maximum atomic E-state index is 13.0. The number of rotatable bonds is 6. The molecule has 3 rings (SSSR count). The Balaban J connectivity index is 1.77. The number of nitrogens with zero attached hydrogens (tertiary/aromatic N) is 3.